The van der Waals surface area contributed by atoms with Crippen molar-refractivity contribution in [1.29, 1.82) is 0 Å². The minimum absolute atomic E-state index is 0.0118. The highest BCUT2D eigenvalue weighted by atomic mass is 32.1. The van der Waals surface area contributed by atoms with Crippen molar-refractivity contribution in [3.05, 3.63) is 82.0 Å². The molecular weight excluding hydrogens is 428 g/mol. The third-order valence-electron chi connectivity index (χ3n) is 6.85. The van der Waals surface area contributed by atoms with E-state index in [1.165, 1.54) is 16.7 Å². The largest absolute Gasteiger partial charge is 0.492 e. The Morgan fingerprint density at radius 1 is 1.00 bits per heavy atom. The summed E-state index contributed by atoms with van der Waals surface area (Å²) in [6.07, 6.45) is 3.47. The van der Waals surface area contributed by atoms with Crippen molar-refractivity contribution >= 4 is 16.3 Å². The van der Waals surface area contributed by atoms with Crippen LogP contribution in [0.1, 0.15) is 66.0 Å². The Labute approximate surface area is 199 Å². The number of nitrogens with zero attached hydrogens (tertiary/aromatic N) is 4. The number of hydrogen-bond donors (Lipinski definition) is 1. The molecule has 5 nitrogen and oxygen atoms in total. The molecule has 1 aliphatic heterocycles. The molecule has 0 amide bonds. The molecule has 1 atom stereocenters. The number of fused-ring (bicyclic) bond motifs is 1. The molecule has 5 rings (SSSR count). The van der Waals surface area contributed by atoms with Gasteiger partial charge in [-0.2, -0.15) is 4.52 Å². The Hall–Kier alpha value is -2.70. The molecule has 0 bridgehead atoms. The zero-order valence-corrected chi connectivity index (χ0v) is 20.4. The molecule has 0 saturated carbocycles. The number of hydrogen-bond acceptors (Lipinski definition) is 5. The van der Waals surface area contributed by atoms with E-state index in [2.05, 4.69) is 83.4 Å². The molecule has 0 aliphatic carbocycles. The lowest BCUT2D eigenvalue weighted by atomic mass is 9.88. The van der Waals surface area contributed by atoms with Gasteiger partial charge in [0.1, 0.15) is 5.82 Å². The van der Waals surface area contributed by atoms with Crippen LogP contribution < -0.4 is 0 Å². The van der Waals surface area contributed by atoms with Crippen LogP contribution in [-0.4, -0.2) is 37.7 Å². The summed E-state index contributed by atoms with van der Waals surface area (Å²) in [5.41, 5.74) is 3.98. The minimum Gasteiger partial charge on any atom is -0.492 e. The number of aromatic nitrogens is 3. The molecule has 1 saturated heterocycles. The van der Waals surface area contributed by atoms with Gasteiger partial charge in [-0.15, -0.1) is 5.10 Å². The molecule has 172 valence electrons. The van der Waals surface area contributed by atoms with Gasteiger partial charge in [-0.25, -0.2) is 4.98 Å². The van der Waals surface area contributed by atoms with Gasteiger partial charge in [0.2, 0.25) is 10.8 Å². The second-order valence-corrected chi connectivity index (χ2v) is 10.5. The van der Waals surface area contributed by atoms with E-state index in [-0.39, 0.29) is 11.9 Å². The van der Waals surface area contributed by atoms with Gasteiger partial charge in [-0.3, -0.25) is 4.90 Å². The van der Waals surface area contributed by atoms with Crippen LogP contribution in [0.15, 0.2) is 54.6 Å². The summed E-state index contributed by atoms with van der Waals surface area (Å²) in [7, 11) is 0. The van der Waals surface area contributed by atoms with Crippen LogP contribution in [0.5, 0.6) is 5.88 Å². The number of piperidine rings is 1. The summed E-state index contributed by atoms with van der Waals surface area (Å²) in [6.45, 7) is 8.33. The predicted molar refractivity (Wildman–Crippen MR) is 134 cm³/mol. The zero-order chi connectivity index (χ0) is 22.9. The van der Waals surface area contributed by atoms with Crippen molar-refractivity contribution in [1.82, 2.24) is 19.5 Å². The standard InChI is InChI=1S/C27H32N4OS/c1-18(2)22-9-11-23(12-10-22)24(25-26(32)31-27(33-25)28-19(3)29-31)30-15-13-21(14-16-30)17-20-7-5-4-6-8-20/h4-12,18,21,24,32H,13-17H2,1-3H3/t24-/m1/s1. The smallest absolute Gasteiger partial charge is 0.230 e. The molecule has 6 heteroatoms. The quantitative estimate of drug-likeness (QED) is 0.385. The lowest BCUT2D eigenvalue weighted by Crippen LogP contribution is -2.37. The summed E-state index contributed by atoms with van der Waals surface area (Å²) in [5.74, 6) is 2.10. The number of benzene rings is 2. The van der Waals surface area contributed by atoms with Crippen molar-refractivity contribution in [2.75, 3.05) is 13.1 Å². The van der Waals surface area contributed by atoms with E-state index in [9.17, 15) is 5.11 Å². The van der Waals surface area contributed by atoms with Gasteiger partial charge in [0.15, 0.2) is 0 Å². The molecule has 0 radical (unpaired) electrons. The van der Waals surface area contributed by atoms with Gasteiger partial charge in [0.25, 0.3) is 0 Å². The van der Waals surface area contributed by atoms with Crippen molar-refractivity contribution in [2.45, 2.75) is 52.0 Å². The molecule has 2 aromatic heterocycles. The third kappa shape index (κ3) is 4.55. The lowest BCUT2D eigenvalue weighted by Gasteiger charge is -2.37. The van der Waals surface area contributed by atoms with Crippen LogP contribution in [0.2, 0.25) is 0 Å². The van der Waals surface area contributed by atoms with Crippen LogP contribution in [0.25, 0.3) is 4.96 Å². The van der Waals surface area contributed by atoms with Crippen LogP contribution in [0, 0.1) is 12.8 Å². The van der Waals surface area contributed by atoms with Crippen LogP contribution >= 0.6 is 11.3 Å². The van der Waals surface area contributed by atoms with E-state index in [1.54, 1.807) is 15.9 Å². The normalized spacial score (nSPS) is 16.6. The van der Waals surface area contributed by atoms with Crippen molar-refractivity contribution < 1.29 is 5.11 Å². The number of aryl methyl sites for hydroxylation is 1. The Kier molecular flexibility index (Phi) is 6.21. The number of rotatable bonds is 6. The van der Waals surface area contributed by atoms with E-state index in [0.717, 1.165) is 42.2 Å². The van der Waals surface area contributed by atoms with Crippen molar-refractivity contribution in [2.24, 2.45) is 5.92 Å². The van der Waals surface area contributed by atoms with Gasteiger partial charge in [0.05, 0.1) is 10.9 Å². The highest BCUT2D eigenvalue weighted by Crippen LogP contribution is 2.41. The first-order chi connectivity index (χ1) is 16.0. The van der Waals surface area contributed by atoms with Crippen molar-refractivity contribution in [3.8, 4) is 5.88 Å². The lowest BCUT2D eigenvalue weighted by molar-refractivity contribution is 0.150. The Morgan fingerprint density at radius 3 is 2.30 bits per heavy atom. The maximum Gasteiger partial charge on any atom is 0.230 e. The zero-order valence-electron chi connectivity index (χ0n) is 19.6. The highest BCUT2D eigenvalue weighted by Gasteiger charge is 2.32. The number of likely N-dealkylation sites (tertiary alicyclic amines) is 1. The van der Waals surface area contributed by atoms with Gasteiger partial charge in [0, 0.05) is 0 Å². The van der Waals surface area contributed by atoms with Crippen molar-refractivity contribution in [3.63, 3.8) is 0 Å². The fourth-order valence-electron chi connectivity index (χ4n) is 4.98. The number of aromatic hydroxyl groups is 1. The molecule has 3 heterocycles. The molecule has 33 heavy (non-hydrogen) atoms. The van der Waals surface area contributed by atoms with E-state index >= 15 is 0 Å². The summed E-state index contributed by atoms with van der Waals surface area (Å²) in [4.78, 5) is 8.72. The van der Waals surface area contributed by atoms with Crippen LogP contribution in [0.3, 0.4) is 0 Å². The summed E-state index contributed by atoms with van der Waals surface area (Å²) < 4.78 is 1.59. The predicted octanol–water partition coefficient (Wildman–Crippen LogP) is 5.97. The van der Waals surface area contributed by atoms with Crippen LogP contribution in [-0.2, 0) is 6.42 Å². The van der Waals surface area contributed by atoms with Gasteiger partial charge in [-0.1, -0.05) is 79.8 Å². The molecule has 1 aliphatic rings. The molecule has 2 aromatic carbocycles. The molecule has 1 fully saturated rings. The first-order valence-electron chi connectivity index (χ1n) is 11.9. The molecule has 4 aromatic rings. The minimum atomic E-state index is 0.0118. The highest BCUT2D eigenvalue weighted by molar-refractivity contribution is 7.17. The van der Waals surface area contributed by atoms with Gasteiger partial charge in [-0.05, 0) is 67.8 Å². The topological polar surface area (TPSA) is 53.7 Å². The van der Waals surface area contributed by atoms with E-state index in [4.69, 9.17) is 0 Å². The first kappa shape index (κ1) is 22.1. The van der Waals surface area contributed by atoms with Crippen LogP contribution in [0.4, 0.5) is 0 Å². The second-order valence-electron chi connectivity index (χ2n) is 9.54. The monoisotopic (exact) mass is 460 g/mol. The van der Waals surface area contributed by atoms with E-state index < -0.39 is 0 Å². The maximum absolute atomic E-state index is 11.1. The van der Waals surface area contributed by atoms with Gasteiger partial charge < -0.3 is 5.11 Å². The third-order valence-corrected chi connectivity index (χ3v) is 7.93. The van der Waals surface area contributed by atoms with E-state index in [1.807, 2.05) is 6.92 Å². The summed E-state index contributed by atoms with van der Waals surface area (Å²) in [6, 6.07) is 19.8. The average Bonchev–Trinajstić information content (AvgIpc) is 3.33. The first-order valence-corrected chi connectivity index (χ1v) is 12.7. The fourth-order valence-corrected chi connectivity index (χ4v) is 6.14. The molecule has 0 unspecified atom stereocenters. The molecule has 1 N–H and O–H groups in total. The maximum atomic E-state index is 11.1. The Balaban J connectivity index is 1.42. The molecule has 0 spiro atoms. The SMILES string of the molecule is Cc1nc2sc([C@@H](c3ccc(C(C)C)cc3)N3CCC(Cc4ccccc4)CC3)c(O)n2n1. The van der Waals surface area contributed by atoms with Gasteiger partial charge >= 0.3 is 0 Å². The van der Waals surface area contributed by atoms with E-state index in [0.29, 0.717) is 17.7 Å². The number of thiazole rings is 1. The summed E-state index contributed by atoms with van der Waals surface area (Å²) in [5, 5.41) is 15.5. The average molecular weight is 461 g/mol. The second kappa shape index (κ2) is 9.27. The molecular formula is C27H32N4OS. The Morgan fingerprint density at radius 2 is 1.67 bits per heavy atom. The fraction of sp³-hybridized carbons (Fsp3) is 0.407. The Bertz CT molecular complexity index is 1200. The summed E-state index contributed by atoms with van der Waals surface area (Å²) >= 11 is 1.55.